The van der Waals surface area contributed by atoms with E-state index in [9.17, 15) is 13.2 Å². The Hall–Kier alpha value is -2.69. The number of aromatic nitrogens is 1. The molecule has 5 rings (SSSR count). The second kappa shape index (κ2) is 11.2. The molecule has 0 spiro atoms. The molecule has 0 bridgehead atoms. The standard InChI is InChI=1S/C28H40N6O3S/c1-20-28(35)33(3)25-13-14-26(30-27(25)34(20)23-10-6-4-5-7-11-23)29-22-9-8-12-24(19-22)38(36,37)31-21-15-17-32(2)18-16-21/h8-9,12-14,19-21,23,31H,4-7,10-11,15-18H2,1-3H3,(H,29,30)/t20-/m1/s1. The van der Waals surface area contributed by atoms with Gasteiger partial charge in [0.15, 0.2) is 5.82 Å². The predicted octanol–water partition coefficient (Wildman–Crippen LogP) is 4.09. The number of anilines is 4. The molecule has 2 N–H and O–H groups in total. The lowest BCUT2D eigenvalue weighted by Crippen LogP contribution is -2.55. The van der Waals surface area contributed by atoms with E-state index in [1.165, 1.54) is 12.8 Å². The fourth-order valence-corrected chi connectivity index (χ4v) is 7.34. The topological polar surface area (TPSA) is 97.9 Å². The lowest BCUT2D eigenvalue weighted by atomic mass is 10.0. The Morgan fingerprint density at radius 1 is 0.947 bits per heavy atom. The van der Waals surface area contributed by atoms with Crippen molar-refractivity contribution in [2.45, 2.75) is 81.3 Å². The molecule has 1 amide bonds. The predicted molar refractivity (Wildman–Crippen MR) is 152 cm³/mol. The van der Waals surface area contributed by atoms with Crippen LogP contribution in [-0.2, 0) is 14.8 Å². The van der Waals surface area contributed by atoms with E-state index >= 15 is 0 Å². The van der Waals surface area contributed by atoms with Crippen molar-refractivity contribution in [3.63, 3.8) is 0 Å². The fourth-order valence-electron chi connectivity index (χ4n) is 5.99. The van der Waals surface area contributed by atoms with E-state index in [1.807, 2.05) is 32.2 Å². The van der Waals surface area contributed by atoms with Crippen molar-refractivity contribution in [2.24, 2.45) is 0 Å². The van der Waals surface area contributed by atoms with Gasteiger partial charge in [0.05, 0.1) is 10.6 Å². The zero-order valence-corrected chi connectivity index (χ0v) is 23.5. The second-order valence-electron chi connectivity index (χ2n) is 11.0. The summed E-state index contributed by atoms with van der Waals surface area (Å²) in [4.78, 5) is 24.4. The number of hydrogen-bond acceptors (Lipinski definition) is 7. The number of amides is 1. The van der Waals surface area contributed by atoms with Gasteiger partial charge in [-0.15, -0.1) is 0 Å². The van der Waals surface area contributed by atoms with Crippen molar-refractivity contribution in [1.29, 1.82) is 0 Å². The van der Waals surface area contributed by atoms with Crippen molar-refractivity contribution < 1.29 is 13.2 Å². The van der Waals surface area contributed by atoms with Gasteiger partial charge in [0.25, 0.3) is 0 Å². The van der Waals surface area contributed by atoms with E-state index < -0.39 is 10.0 Å². The molecular weight excluding hydrogens is 500 g/mol. The monoisotopic (exact) mass is 540 g/mol. The first-order chi connectivity index (χ1) is 18.2. The smallest absolute Gasteiger partial charge is 0.249 e. The Morgan fingerprint density at radius 2 is 1.66 bits per heavy atom. The summed E-state index contributed by atoms with van der Waals surface area (Å²) < 4.78 is 29.1. The molecule has 1 aromatic carbocycles. The molecule has 206 valence electrons. The molecule has 1 saturated heterocycles. The SMILES string of the molecule is C[C@@H]1C(=O)N(C)c2ccc(Nc3cccc(S(=O)(=O)NC4CCN(C)CC4)c3)nc2N1C1CCCCCC1. The molecule has 1 saturated carbocycles. The fraction of sp³-hybridized carbons (Fsp3) is 0.571. The number of nitrogens with zero attached hydrogens (tertiary/aromatic N) is 4. The highest BCUT2D eigenvalue weighted by atomic mass is 32.2. The van der Waals surface area contributed by atoms with Gasteiger partial charge in [-0.25, -0.2) is 18.1 Å². The maximum Gasteiger partial charge on any atom is 0.249 e. The number of likely N-dealkylation sites (tertiary alicyclic amines) is 1. The van der Waals surface area contributed by atoms with Gasteiger partial charge >= 0.3 is 0 Å². The number of pyridine rings is 1. The minimum Gasteiger partial charge on any atom is -0.340 e. The van der Waals surface area contributed by atoms with Crippen LogP contribution >= 0.6 is 0 Å². The average Bonchev–Trinajstić information content (AvgIpc) is 3.18. The zero-order valence-electron chi connectivity index (χ0n) is 22.7. The molecule has 3 aliphatic rings. The van der Waals surface area contributed by atoms with Crippen LogP contribution in [0.4, 0.5) is 23.0 Å². The molecule has 9 nitrogen and oxygen atoms in total. The number of sulfonamides is 1. The van der Waals surface area contributed by atoms with Gasteiger partial charge in [-0.3, -0.25) is 4.79 Å². The van der Waals surface area contributed by atoms with Crippen LogP contribution in [0.3, 0.4) is 0 Å². The summed E-state index contributed by atoms with van der Waals surface area (Å²) in [7, 11) is 0.229. The lowest BCUT2D eigenvalue weighted by molar-refractivity contribution is -0.119. The molecule has 2 aromatic rings. The number of benzene rings is 1. The summed E-state index contributed by atoms with van der Waals surface area (Å²) in [6.07, 6.45) is 8.53. The first-order valence-electron chi connectivity index (χ1n) is 13.9. The van der Waals surface area contributed by atoms with E-state index in [0.717, 1.165) is 63.1 Å². The first-order valence-corrected chi connectivity index (χ1v) is 15.4. The maximum atomic E-state index is 13.1. The molecule has 2 fully saturated rings. The number of rotatable bonds is 6. The minimum atomic E-state index is -3.64. The summed E-state index contributed by atoms with van der Waals surface area (Å²) in [5.41, 5.74) is 1.46. The van der Waals surface area contributed by atoms with Crippen LogP contribution in [0.5, 0.6) is 0 Å². The zero-order chi connectivity index (χ0) is 26.9. The number of fused-ring (bicyclic) bond motifs is 1. The molecule has 38 heavy (non-hydrogen) atoms. The molecule has 1 atom stereocenters. The number of carbonyl (C=O) groups excluding carboxylic acids is 1. The number of hydrogen-bond donors (Lipinski definition) is 2. The van der Waals surface area contributed by atoms with Gasteiger partial charge < -0.3 is 20.0 Å². The summed E-state index contributed by atoms with van der Waals surface area (Å²) in [6.45, 7) is 3.74. The third kappa shape index (κ3) is 5.67. The molecule has 0 unspecified atom stereocenters. The average molecular weight is 541 g/mol. The molecule has 0 radical (unpaired) electrons. The van der Waals surface area contributed by atoms with Crippen LogP contribution in [0, 0.1) is 0 Å². The van der Waals surface area contributed by atoms with Gasteiger partial charge in [-0.2, -0.15) is 0 Å². The number of carbonyl (C=O) groups is 1. The van der Waals surface area contributed by atoms with E-state index in [4.69, 9.17) is 4.98 Å². The highest BCUT2D eigenvalue weighted by Gasteiger charge is 2.38. The molecule has 3 heterocycles. The second-order valence-corrected chi connectivity index (χ2v) is 12.7. The number of nitrogens with one attached hydrogen (secondary N) is 2. The van der Waals surface area contributed by atoms with Crippen LogP contribution in [0.1, 0.15) is 58.3 Å². The maximum absolute atomic E-state index is 13.1. The van der Waals surface area contributed by atoms with Gasteiger partial charge in [0.2, 0.25) is 15.9 Å². The van der Waals surface area contributed by atoms with Gasteiger partial charge in [-0.1, -0.05) is 31.7 Å². The van der Waals surface area contributed by atoms with Crippen LogP contribution in [-0.4, -0.2) is 69.5 Å². The third-order valence-electron chi connectivity index (χ3n) is 8.24. The highest BCUT2D eigenvalue weighted by Crippen LogP contribution is 2.39. The van der Waals surface area contributed by atoms with Gasteiger partial charge in [-0.05, 0) is 83.1 Å². The number of likely N-dealkylation sites (N-methyl/N-ethyl adjacent to an activating group) is 1. The normalized spacial score (nSPS) is 22.3. The quantitative estimate of drug-likeness (QED) is 0.533. The van der Waals surface area contributed by atoms with Crippen molar-refractivity contribution in [1.82, 2.24) is 14.6 Å². The minimum absolute atomic E-state index is 0.0493. The molecular formula is C28H40N6O3S. The summed E-state index contributed by atoms with van der Waals surface area (Å²) >= 11 is 0. The third-order valence-corrected chi connectivity index (χ3v) is 9.76. The lowest BCUT2D eigenvalue weighted by Gasteiger charge is -2.43. The van der Waals surface area contributed by atoms with Crippen molar-refractivity contribution in [2.75, 3.05) is 42.3 Å². The summed E-state index contributed by atoms with van der Waals surface area (Å²) in [6, 6.07) is 10.6. The van der Waals surface area contributed by atoms with E-state index in [2.05, 4.69) is 26.9 Å². The Kier molecular flexibility index (Phi) is 7.93. The van der Waals surface area contributed by atoms with Crippen molar-refractivity contribution in [3.8, 4) is 0 Å². The van der Waals surface area contributed by atoms with Crippen LogP contribution in [0.2, 0.25) is 0 Å². The Labute approximate surface area is 226 Å². The van der Waals surface area contributed by atoms with Gasteiger partial charge in [0, 0.05) is 24.8 Å². The van der Waals surface area contributed by atoms with Crippen LogP contribution in [0.15, 0.2) is 41.3 Å². The first kappa shape index (κ1) is 26.9. The summed E-state index contributed by atoms with van der Waals surface area (Å²) in [5, 5.41) is 3.31. The van der Waals surface area contributed by atoms with Crippen LogP contribution < -0.4 is 19.8 Å². The number of piperidine rings is 1. The highest BCUT2D eigenvalue weighted by molar-refractivity contribution is 7.89. The van der Waals surface area contributed by atoms with E-state index in [0.29, 0.717) is 11.5 Å². The molecule has 2 aliphatic heterocycles. The molecule has 1 aliphatic carbocycles. The van der Waals surface area contributed by atoms with Gasteiger partial charge in [0.1, 0.15) is 11.9 Å². The van der Waals surface area contributed by atoms with Crippen molar-refractivity contribution >= 4 is 38.9 Å². The Bertz CT molecular complexity index is 1250. The van der Waals surface area contributed by atoms with E-state index in [-0.39, 0.29) is 28.9 Å². The Morgan fingerprint density at radius 3 is 2.37 bits per heavy atom. The summed E-state index contributed by atoms with van der Waals surface area (Å²) in [5.74, 6) is 1.51. The van der Waals surface area contributed by atoms with Crippen molar-refractivity contribution in [3.05, 3.63) is 36.4 Å². The Balaban J connectivity index is 1.38. The van der Waals surface area contributed by atoms with E-state index in [1.54, 1.807) is 23.1 Å². The molecule has 10 heteroatoms. The largest absolute Gasteiger partial charge is 0.340 e. The van der Waals surface area contributed by atoms with Crippen LogP contribution in [0.25, 0.3) is 0 Å². The molecule has 1 aromatic heterocycles.